The fourth-order valence-electron chi connectivity index (χ4n) is 1.19. The van der Waals surface area contributed by atoms with E-state index in [4.69, 9.17) is 20.0 Å². The van der Waals surface area contributed by atoms with Crippen molar-refractivity contribution in [2.24, 2.45) is 5.73 Å². The summed E-state index contributed by atoms with van der Waals surface area (Å²) in [5, 5.41) is 8.62. The minimum atomic E-state index is -1.05. The standard InChI is InChI=1S/C11H15NO5S/c1-2-16-11(15)7-3-4-17-9(7)6-18-5-8(12)10(13)14/h3-4,8H,2,5-6,12H2,1H3,(H,13,14)/t8-/m0/s1. The molecule has 0 aliphatic rings. The summed E-state index contributed by atoms with van der Waals surface area (Å²) in [6.07, 6.45) is 1.40. The summed E-state index contributed by atoms with van der Waals surface area (Å²) < 4.78 is 10.0. The first-order valence-electron chi connectivity index (χ1n) is 5.35. The maximum Gasteiger partial charge on any atom is 0.341 e. The summed E-state index contributed by atoms with van der Waals surface area (Å²) in [6, 6.07) is 0.612. The molecule has 0 unspecified atom stereocenters. The molecule has 0 aromatic carbocycles. The second kappa shape index (κ2) is 7.07. The Balaban J connectivity index is 2.50. The minimum absolute atomic E-state index is 0.248. The van der Waals surface area contributed by atoms with Gasteiger partial charge in [0.15, 0.2) is 0 Å². The lowest BCUT2D eigenvalue weighted by molar-refractivity contribution is -0.137. The molecule has 1 aromatic rings. The highest BCUT2D eigenvalue weighted by Gasteiger charge is 2.17. The van der Waals surface area contributed by atoms with Crippen LogP contribution < -0.4 is 5.73 Å². The van der Waals surface area contributed by atoms with Crippen molar-refractivity contribution in [3.63, 3.8) is 0 Å². The third kappa shape index (κ3) is 4.08. The molecule has 0 aliphatic heterocycles. The van der Waals surface area contributed by atoms with Gasteiger partial charge < -0.3 is 20.0 Å². The molecule has 1 aromatic heterocycles. The van der Waals surface area contributed by atoms with Crippen LogP contribution in [0.1, 0.15) is 23.0 Å². The number of hydrogen-bond acceptors (Lipinski definition) is 6. The van der Waals surface area contributed by atoms with E-state index >= 15 is 0 Å². The number of esters is 1. The van der Waals surface area contributed by atoms with Gasteiger partial charge in [-0.15, -0.1) is 0 Å². The van der Waals surface area contributed by atoms with Gasteiger partial charge in [-0.05, 0) is 13.0 Å². The van der Waals surface area contributed by atoms with Gasteiger partial charge in [0.2, 0.25) is 0 Å². The topological polar surface area (TPSA) is 103 Å². The predicted molar refractivity (Wildman–Crippen MR) is 66.4 cm³/mol. The van der Waals surface area contributed by atoms with E-state index in [0.29, 0.717) is 23.7 Å². The number of carbonyl (C=O) groups is 2. The molecule has 0 amide bonds. The molecule has 1 atom stereocenters. The lowest BCUT2D eigenvalue weighted by Gasteiger charge is -2.05. The maximum absolute atomic E-state index is 11.5. The molecule has 0 bridgehead atoms. The van der Waals surface area contributed by atoms with E-state index < -0.39 is 18.0 Å². The van der Waals surface area contributed by atoms with Crippen LogP contribution in [-0.4, -0.2) is 35.4 Å². The van der Waals surface area contributed by atoms with E-state index in [1.165, 1.54) is 24.1 Å². The molecule has 7 heteroatoms. The van der Waals surface area contributed by atoms with Crippen molar-refractivity contribution in [1.29, 1.82) is 0 Å². The van der Waals surface area contributed by atoms with Crippen LogP contribution in [0.15, 0.2) is 16.7 Å². The Morgan fingerprint density at radius 2 is 2.33 bits per heavy atom. The van der Waals surface area contributed by atoms with Crippen molar-refractivity contribution in [3.8, 4) is 0 Å². The molecule has 1 heterocycles. The minimum Gasteiger partial charge on any atom is -0.480 e. The Morgan fingerprint density at radius 3 is 2.94 bits per heavy atom. The third-order valence-electron chi connectivity index (χ3n) is 2.09. The Labute approximate surface area is 108 Å². The number of carboxylic acid groups (broad SMARTS) is 1. The van der Waals surface area contributed by atoms with Crippen LogP contribution >= 0.6 is 11.8 Å². The number of nitrogens with two attached hydrogens (primary N) is 1. The van der Waals surface area contributed by atoms with Crippen LogP contribution in [0.2, 0.25) is 0 Å². The van der Waals surface area contributed by atoms with Gasteiger partial charge in [0.25, 0.3) is 0 Å². The van der Waals surface area contributed by atoms with E-state index in [1.54, 1.807) is 6.92 Å². The van der Waals surface area contributed by atoms with Gasteiger partial charge >= 0.3 is 11.9 Å². The van der Waals surface area contributed by atoms with Crippen molar-refractivity contribution < 1.29 is 23.8 Å². The summed E-state index contributed by atoms with van der Waals surface area (Å²) in [5.41, 5.74) is 5.73. The van der Waals surface area contributed by atoms with Gasteiger partial charge in [0, 0.05) is 5.75 Å². The molecule has 100 valence electrons. The fraction of sp³-hybridized carbons (Fsp3) is 0.455. The van der Waals surface area contributed by atoms with Gasteiger partial charge in [-0.1, -0.05) is 0 Å². The molecule has 18 heavy (non-hydrogen) atoms. The third-order valence-corrected chi connectivity index (χ3v) is 3.15. The van der Waals surface area contributed by atoms with Gasteiger partial charge in [-0.2, -0.15) is 11.8 Å². The molecule has 3 N–H and O–H groups in total. The molecule has 0 saturated heterocycles. The zero-order valence-electron chi connectivity index (χ0n) is 9.92. The first-order valence-corrected chi connectivity index (χ1v) is 6.51. The highest BCUT2D eigenvalue weighted by molar-refractivity contribution is 7.98. The van der Waals surface area contributed by atoms with Crippen LogP contribution in [0.5, 0.6) is 0 Å². The number of ether oxygens (including phenoxy) is 1. The Morgan fingerprint density at radius 1 is 1.61 bits per heavy atom. The number of thioether (sulfide) groups is 1. The summed E-state index contributed by atoms with van der Waals surface area (Å²) >= 11 is 1.29. The SMILES string of the molecule is CCOC(=O)c1ccoc1CSC[C@H](N)C(=O)O. The Hall–Kier alpha value is -1.47. The normalized spacial score (nSPS) is 12.1. The summed E-state index contributed by atoms with van der Waals surface area (Å²) in [4.78, 5) is 22.0. The first kappa shape index (κ1) is 14.6. The number of aliphatic carboxylic acids is 1. The Kier molecular flexibility index (Phi) is 5.73. The quantitative estimate of drug-likeness (QED) is 0.717. The van der Waals surface area contributed by atoms with Gasteiger partial charge in [-0.25, -0.2) is 4.79 Å². The molecular weight excluding hydrogens is 258 g/mol. The van der Waals surface area contributed by atoms with Crippen molar-refractivity contribution in [2.75, 3.05) is 12.4 Å². The highest BCUT2D eigenvalue weighted by atomic mass is 32.2. The van der Waals surface area contributed by atoms with E-state index in [1.807, 2.05) is 0 Å². The molecule has 1 rings (SSSR count). The molecule has 0 fully saturated rings. The molecule has 0 saturated carbocycles. The summed E-state index contributed by atoms with van der Waals surface area (Å²) in [7, 11) is 0. The number of rotatable bonds is 7. The van der Waals surface area contributed by atoms with E-state index in [0.717, 1.165) is 0 Å². The van der Waals surface area contributed by atoms with E-state index in [-0.39, 0.29) is 5.75 Å². The second-order valence-electron chi connectivity index (χ2n) is 3.44. The smallest absolute Gasteiger partial charge is 0.341 e. The second-order valence-corrected chi connectivity index (χ2v) is 4.47. The van der Waals surface area contributed by atoms with Crippen LogP contribution in [0.3, 0.4) is 0 Å². The monoisotopic (exact) mass is 273 g/mol. The van der Waals surface area contributed by atoms with Crippen molar-refractivity contribution in [1.82, 2.24) is 0 Å². The number of carbonyl (C=O) groups excluding carboxylic acids is 1. The molecule has 0 radical (unpaired) electrons. The first-order chi connectivity index (χ1) is 8.56. The number of furan rings is 1. The van der Waals surface area contributed by atoms with E-state index in [9.17, 15) is 9.59 Å². The van der Waals surface area contributed by atoms with Gasteiger partial charge in [0.1, 0.15) is 17.4 Å². The molecular formula is C11H15NO5S. The molecule has 0 spiro atoms. The number of carboxylic acids is 1. The average Bonchev–Trinajstić information content (AvgIpc) is 2.77. The van der Waals surface area contributed by atoms with Crippen LogP contribution in [0.4, 0.5) is 0 Å². The summed E-state index contributed by atoms with van der Waals surface area (Å²) in [5.74, 6) is -0.395. The zero-order valence-corrected chi connectivity index (χ0v) is 10.7. The Bertz CT molecular complexity index is 417. The fourth-order valence-corrected chi connectivity index (χ4v) is 2.12. The molecule has 0 aliphatic carbocycles. The van der Waals surface area contributed by atoms with Gasteiger partial charge in [-0.3, -0.25) is 4.79 Å². The predicted octanol–water partition coefficient (Wildman–Crippen LogP) is 1.10. The van der Waals surface area contributed by atoms with Crippen molar-refractivity contribution in [2.45, 2.75) is 18.7 Å². The molecule has 6 nitrogen and oxygen atoms in total. The van der Waals surface area contributed by atoms with E-state index in [2.05, 4.69) is 0 Å². The van der Waals surface area contributed by atoms with Crippen molar-refractivity contribution >= 4 is 23.7 Å². The van der Waals surface area contributed by atoms with Crippen LogP contribution in [0, 0.1) is 0 Å². The van der Waals surface area contributed by atoms with Crippen LogP contribution in [0.25, 0.3) is 0 Å². The highest BCUT2D eigenvalue weighted by Crippen LogP contribution is 2.19. The van der Waals surface area contributed by atoms with Crippen LogP contribution in [-0.2, 0) is 15.3 Å². The zero-order chi connectivity index (χ0) is 13.5. The number of hydrogen-bond donors (Lipinski definition) is 2. The lowest BCUT2D eigenvalue weighted by atomic mass is 10.3. The largest absolute Gasteiger partial charge is 0.480 e. The van der Waals surface area contributed by atoms with Crippen molar-refractivity contribution in [3.05, 3.63) is 23.7 Å². The maximum atomic E-state index is 11.5. The summed E-state index contributed by atoms with van der Waals surface area (Å²) in [6.45, 7) is 2.01. The van der Waals surface area contributed by atoms with Gasteiger partial charge in [0.05, 0.1) is 18.6 Å². The lowest BCUT2D eigenvalue weighted by Crippen LogP contribution is -2.32. The average molecular weight is 273 g/mol.